The normalized spacial score (nSPS) is 12.4. The summed E-state index contributed by atoms with van der Waals surface area (Å²) in [4.78, 5) is 29.6. The molecular weight excluding hydrogens is 594 g/mol. The highest BCUT2D eigenvalue weighted by molar-refractivity contribution is 7.98. The van der Waals surface area contributed by atoms with E-state index >= 15 is 0 Å². The van der Waals surface area contributed by atoms with E-state index in [0.717, 1.165) is 9.20 Å². The number of hydrogen-bond donors (Lipinski definition) is 1. The van der Waals surface area contributed by atoms with Crippen molar-refractivity contribution in [2.24, 2.45) is 0 Å². The van der Waals surface area contributed by atoms with Gasteiger partial charge in [-0.05, 0) is 101 Å². The maximum Gasteiger partial charge on any atom is 0.264 e. The van der Waals surface area contributed by atoms with Crippen molar-refractivity contribution in [3.8, 4) is 5.75 Å². The summed E-state index contributed by atoms with van der Waals surface area (Å²) in [5, 5.41) is 3.35. The van der Waals surface area contributed by atoms with Crippen LogP contribution in [0.2, 0.25) is 5.02 Å². The smallest absolute Gasteiger partial charge is 0.264 e. The minimum absolute atomic E-state index is 0.0107. The SMILES string of the molecule is CCOc1ccc(N(CC(=O)N(Cc2ccccc2Cl)[C@@H](C)C(=O)NC(C)(C)C)S(=O)(=O)c2ccc(SC)cc2)cc1. The number of anilines is 1. The van der Waals surface area contributed by atoms with Crippen LogP contribution in [0.5, 0.6) is 5.75 Å². The van der Waals surface area contributed by atoms with Crippen LogP contribution in [0.3, 0.4) is 0 Å². The van der Waals surface area contributed by atoms with Crippen LogP contribution in [0.1, 0.15) is 40.2 Å². The van der Waals surface area contributed by atoms with Crippen LogP contribution in [-0.2, 0) is 26.2 Å². The van der Waals surface area contributed by atoms with Gasteiger partial charge in [0.1, 0.15) is 18.3 Å². The lowest BCUT2D eigenvalue weighted by Crippen LogP contribution is -2.54. The Morgan fingerprint density at radius 1 is 1.00 bits per heavy atom. The first-order valence-electron chi connectivity index (χ1n) is 13.5. The number of sulfonamides is 1. The zero-order valence-corrected chi connectivity index (χ0v) is 27.1. The van der Waals surface area contributed by atoms with Crippen LogP contribution in [0.25, 0.3) is 0 Å². The second-order valence-corrected chi connectivity index (χ2v) is 13.8. The number of nitrogens with one attached hydrogen (secondary N) is 1. The number of ether oxygens (including phenoxy) is 1. The van der Waals surface area contributed by atoms with Crippen LogP contribution >= 0.6 is 23.4 Å². The molecule has 0 saturated heterocycles. The first-order valence-corrected chi connectivity index (χ1v) is 16.6. The van der Waals surface area contributed by atoms with Crippen molar-refractivity contribution in [2.75, 3.05) is 23.7 Å². The van der Waals surface area contributed by atoms with E-state index < -0.39 is 34.1 Å². The number of carbonyl (C=O) groups is 2. The Kier molecular flexibility index (Phi) is 11.3. The third-order valence-corrected chi connectivity index (χ3v) is 9.23. The molecule has 226 valence electrons. The number of benzene rings is 3. The van der Waals surface area contributed by atoms with Crippen LogP contribution in [0, 0.1) is 0 Å². The van der Waals surface area contributed by atoms with E-state index in [-0.39, 0.29) is 23.0 Å². The highest BCUT2D eigenvalue weighted by atomic mass is 35.5. The molecule has 0 aliphatic rings. The number of hydrogen-bond acceptors (Lipinski definition) is 6. The van der Waals surface area contributed by atoms with Crippen LogP contribution < -0.4 is 14.4 Å². The van der Waals surface area contributed by atoms with Gasteiger partial charge in [-0.25, -0.2) is 8.42 Å². The number of halogens is 1. The van der Waals surface area contributed by atoms with Crippen molar-refractivity contribution >= 4 is 50.9 Å². The lowest BCUT2D eigenvalue weighted by molar-refractivity contribution is -0.140. The second kappa shape index (κ2) is 14.3. The molecule has 1 atom stereocenters. The summed E-state index contributed by atoms with van der Waals surface area (Å²) in [6.45, 7) is 8.93. The summed E-state index contributed by atoms with van der Waals surface area (Å²) in [5.41, 5.74) is 0.377. The predicted molar refractivity (Wildman–Crippen MR) is 170 cm³/mol. The van der Waals surface area contributed by atoms with Gasteiger partial charge in [0, 0.05) is 22.0 Å². The molecule has 0 radical (unpaired) electrons. The molecule has 0 fully saturated rings. The van der Waals surface area contributed by atoms with Gasteiger partial charge in [0.25, 0.3) is 10.0 Å². The molecular formula is C31H38ClN3O5S2. The average molecular weight is 632 g/mol. The Labute approximate surface area is 258 Å². The van der Waals surface area contributed by atoms with Gasteiger partial charge < -0.3 is 15.0 Å². The minimum Gasteiger partial charge on any atom is -0.494 e. The Hall–Kier alpha value is -3.21. The van der Waals surface area contributed by atoms with Crippen molar-refractivity contribution < 1.29 is 22.7 Å². The Bertz CT molecular complexity index is 1470. The van der Waals surface area contributed by atoms with E-state index in [1.165, 1.54) is 28.8 Å². The largest absolute Gasteiger partial charge is 0.494 e. The van der Waals surface area contributed by atoms with Gasteiger partial charge >= 0.3 is 0 Å². The Morgan fingerprint density at radius 2 is 1.62 bits per heavy atom. The van der Waals surface area contributed by atoms with Gasteiger partial charge in [0.15, 0.2) is 0 Å². The molecule has 8 nitrogen and oxygen atoms in total. The highest BCUT2D eigenvalue weighted by Crippen LogP contribution is 2.28. The summed E-state index contributed by atoms with van der Waals surface area (Å²) < 4.78 is 34.6. The van der Waals surface area contributed by atoms with Crippen LogP contribution in [0.15, 0.2) is 82.6 Å². The number of carbonyl (C=O) groups excluding carboxylic acids is 2. The summed E-state index contributed by atoms with van der Waals surface area (Å²) >= 11 is 7.92. The predicted octanol–water partition coefficient (Wildman–Crippen LogP) is 5.99. The van der Waals surface area contributed by atoms with Crippen LogP contribution in [0.4, 0.5) is 5.69 Å². The molecule has 0 heterocycles. The standard InChI is InChI=1S/C31H38ClN3O5S2/c1-7-40-25-14-12-24(13-15-25)35(42(38,39)27-18-16-26(41-6)17-19-27)21-29(36)34(20-23-10-8-9-11-28(23)32)22(2)30(37)33-31(3,4)5/h8-19,22H,7,20-21H2,1-6H3,(H,33,37)/t22-/m0/s1. The molecule has 1 N–H and O–H groups in total. The number of rotatable bonds is 12. The van der Waals surface area contributed by atoms with Crippen molar-refractivity contribution in [2.45, 2.75) is 62.5 Å². The monoisotopic (exact) mass is 631 g/mol. The Balaban J connectivity index is 2.06. The summed E-state index contributed by atoms with van der Waals surface area (Å²) in [7, 11) is -4.18. The second-order valence-electron chi connectivity index (χ2n) is 10.6. The molecule has 3 rings (SSSR count). The van der Waals surface area contributed by atoms with E-state index in [0.29, 0.717) is 22.9 Å². The maximum absolute atomic E-state index is 14.1. The van der Waals surface area contributed by atoms with Gasteiger partial charge in [-0.15, -0.1) is 11.8 Å². The van der Waals surface area contributed by atoms with Gasteiger partial charge in [0.05, 0.1) is 17.2 Å². The highest BCUT2D eigenvalue weighted by Gasteiger charge is 2.33. The molecule has 2 amide bonds. The van der Waals surface area contributed by atoms with Gasteiger partial charge in [-0.2, -0.15) is 0 Å². The van der Waals surface area contributed by atoms with Crippen molar-refractivity contribution in [3.05, 3.63) is 83.4 Å². The van der Waals surface area contributed by atoms with E-state index in [9.17, 15) is 18.0 Å². The van der Waals surface area contributed by atoms with E-state index in [1.807, 2.05) is 34.0 Å². The van der Waals surface area contributed by atoms with E-state index in [1.54, 1.807) is 67.6 Å². The third kappa shape index (κ3) is 8.65. The zero-order valence-electron chi connectivity index (χ0n) is 24.8. The number of nitrogens with zero attached hydrogens (tertiary/aromatic N) is 2. The maximum atomic E-state index is 14.1. The molecule has 11 heteroatoms. The summed E-state index contributed by atoms with van der Waals surface area (Å²) in [6, 6.07) is 19.1. The molecule has 0 aliphatic carbocycles. The molecule has 42 heavy (non-hydrogen) atoms. The molecule has 0 unspecified atom stereocenters. The fraction of sp³-hybridized carbons (Fsp3) is 0.355. The van der Waals surface area contributed by atoms with Crippen LogP contribution in [-0.4, -0.2) is 56.1 Å². The average Bonchev–Trinajstić information content (AvgIpc) is 2.94. The molecule has 0 aliphatic heterocycles. The van der Waals surface area contributed by atoms with Crippen molar-refractivity contribution in [1.29, 1.82) is 0 Å². The quantitative estimate of drug-likeness (QED) is 0.247. The first-order chi connectivity index (χ1) is 19.8. The van der Waals surface area contributed by atoms with Gasteiger partial charge in [-0.3, -0.25) is 13.9 Å². The van der Waals surface area contributed by atoms with E-state index in [4.69, 9.17) is 16.3 Å². The molecule has 3 aromatic rings. The number of thioether (sulfide) groups is 1. The zero-order chi connectivity index (χ0) is 31.1. The lowest BCUT2D eigenvalue weighted by Gasteiger charge is -2.33. The molecule has 0 saturated carbocycles. The number of amides is 2. The molecule has 0 bridgehead atoms. The lowest BCUT2D eigenvalue weighted by atomic mass is 10.1. The first kappa shape index (κ1) is 33.3. The van der Waals surface area contributed by atoms with Gasteiger partial charge in [-0.1, -0.05) is 29.8 Å². The van der Waals surface area contributed by atoms with Crippen molar-refractivity contribution in [3.63, 3.8) is 0 Å². The fourth-order valence-corrected chi connectivity index (χ4v) is 6.16. The minimum atomic E-state index is -4.18. The molecule has 3 aromatic carbocycles. The molecule has 0 aromatic heterocycles. The summed E-state index contributed by atoms with van der Waals surface area (Å²) in [5.74, 6) is -0.363. The fourth-order valence-electron chi connectivity index (χ4n) is 4.15. The van der Waals surface area contributed by atoms with Gasteiger partial charge in [0.2, 0.25) is 11.8 Å². The third-order valence-electron chi connectivity index (χ3n) is 6.33. The topological polar surface area (TPSA) is 96.0 Å². The van der Waals surface area contributed by atoms with E-state index in [2.05, 4.69) is 5.32 Å². The molecule has 0 spiro atoms. The van der Waals surface area contributed by atoms with Crippen molar-refractivity contribution in [1.82, 2.24) is 10.2 Å². The summed E-state index contributed by atoms with van der Waals surface area (Å²) in [6.07, 6.45) is 1.90. The Morgan fingerprint density at radius 3 is 2.17 bits per heavy atom.